The third-order valence-electron chi connectivity index (χ3n) is 6.00. The maximum atomic E-state index is 13.3. The van der Waals surface area contributed by atoms with Gasteiger partial charge in [0.05, 0.1) is 27.6 Å². The summed E-state index contributed by atoms with van der Waals surface area (Å²) in [4.78, 5) is 26.6. The molecule has 12 heteroatoms. The molecule has 5 aromatic rings. The van der Waals surface area contributed by atoms with Gasteiger partial charge in [0, 0.05) is 34.1 Å². The largest absolute Gasteiger partial charge is 0.486 e. The molecule has 4 aromatic heterocycles. The van der Waals surface area contributed by atoms with Crippen molar-refractivity contribution in [1.29, 1.82) is 0 Å². The minimum absolute atomic E-state index is 0.0550. The number of nitrogens with zero attached hydrogens (tertiary/aromatic N) is 4. The number of pyridine rings is 3. The van der Waals surface area contributed by atoms with Gasteiger partial charge in [-0.1, -0.05) is 35.3 Å². The monoisotopic (exact) mass is 590 g/mol. The SMILES string of the molecule is Cc1cc(Cl)c(COc2cccc3c(-c4scnc4Cl)cc(C)nc23)c(Cn2cccc(C(F)(F)F)c2=O)n1. The van der Waals surface area contributed by atoms with Crippen LogP contribution in [0.5, 0.6) is 5.75 Å². The van der Waals surface area contributed by atoms with Crippen molar-refractivity contribution < 1.29 is 17.9 Å². The molecule has 0 unspecified atom stereocenters. The summed E-state index contributed by atoms with van der Waals surface area (Å²) in [5.74, 6) is 0.469. The summed E-state index contributed by atoms with van der Waals surface area (Å²) in [6, 6.07) is 11.0. The first-order valence-electron chi connectivity index (χ1n) is 11.6. The van der Waals surface area contributed by atoms with Gasteiger partial charge in [0.15, 0.2) is 0 Å². The fourth-order valence-electron chi connectivity index (χ4n) is 4.25. The minimum Gasteiger partial charge on any atom is -0.486 e. The summed E-state index contributed by atoms with van der Waals surface area (Å²) in [5.41, 5.74) is 2.78. The number of thiazole rings is 1. The van der Waals surface area contributed by atoms with E-state index in [1.807, 2.05) is 25.1 Å². The lowest BCUT2D eigenvalue weighted by Gasteiger charge is -2.16. The molecule has 0 bridgehead atoms. The Morgan fingerprint density at radius 3 is 2.54 bits per heavy atom. The molecule has 200 valence electrons. The highest BCUT2D eigenvalue weighted by Crippen LogP contribution is 2.38. The average molecular weight is 591 g/mol. The molecule has 0 aliphatic heterocycles. The normalized spacial score (nSPS) is 11.8. The Morgan fingerprint density at radius 1 is 1.05 bits per heavy atom. The number of rotatable bonds is 6. The summed E-state index contributed by atoms with van der Waals surface area (Å²) < 4.78 is 47.0. The van der Waals surface area contributed by atoms with Crippen molar-refractivity contribution >= 4 is 45.4 Å². The highest BCUT2D eigenvalue weighted by atomic mass is 35.5. The standard InChI is InChI=1S/C27H19Cl2F3N4O2S/c1-14-9-17(24-25(29)33-13-39-24)16-5-3-7-22(23(16)35-14)38-12-18-20(28)10-15(2)34-21(18)11-36-8-4-6-19(26(36)37)27(30,31)32/h3-10,13H,11-12H2,1-2H3. The number of halogens is 5. The van der Waals surface area contributed by atoms with Crippen LogP contribution >= 0.6 is 34.5 Å². The molecule has 0 atom stereocenters. The highest BCUT2D eigenvalue weighted by Gasteiger charge is 2.34. The molecular formula is C27H19Cl2F3N4O2S. The predicted octanol–water partition coefficient (Wildman–Crippen LogP) is 7.48. The zero-order chi connectivity index (χ0) is 27.9. The minimum atomic E-state index is -4.77. The molecule has 0 radical (unpaired) electrons. The van der Waals surface area contributed by atoms with Crippen LogP contribution in [-0.2, 0) is 19.3 Å². The van der Waals surface area contributed by atoms with Gasteiger partial charge >= 0.3 is 6.18 Å². The van der Waals surface area contributed by atoms with E-state index in [1.165, 1.54) is 23.6 Å². The van der Waals surface area contributed by atoms with E-state index in [2.05, 4.69) is 15.0 Å². The van der Waals surface area contributed by atoms with Crippen LogP contribution in [0.3, 0.4) is 0 Å². The van der Waals surface area contributed by atoms with Crippen molar-refractivity contribution in [3.05, 3.63) is 103 Å². The number of aryl methyl sites for hydroxylation is 2. The van der Waals surface area contributed by atoms with E-state index in [0.29, 0.717) is 38.4 Å². The Kier molecular flexibility index (Phi) is 7.37. The van der Waals surface area contributed by atoms with Gasteiger partial charge in [0.25, 0.3) is 5.56 Å². The maximum absolute atomic E-state index is 13.3. The van der Waals surface area contributed by atoms with Crippen molar-refractivity contribution in [3.8, 4) is 16.2 Å². The first-order valence-corrected chi connectivity index (χ1v) is 13.2. The number of hydrogen-bond acceptors (Lipinski definition) is 6. The molecule has 0 fully saturated rings. The smallest absolute Gasteiger partial charge is 0.421 e. The van der Waals surface area contributed by atoms with Gasteiger partial charge in [-0.2, -0.15) is 13.2 Å². The van der Waals surface area contributed by atoms with Crippen LogP contribution < -0.4 is 10.3 Å². The van der Waals surface area contributed by atoms with Crippen molar-refractivity contribution in [2.75, 3.05) is 0 Å². The number of para-hydroxylation sites is 1. The molecule has 4 heterocycles. The van der Waals surface area contributed by atoms with Gasteiger partial charge in [-0.25, -0.2) is 9.97 Å². The molecular weight excluding hydrogens is 572 g/mol. The van der Waals surface area contributed by atoms with Gasteiger partial charge in [0.2, 0.25) is 0 Å². The Balaban J connectivity index is 1.52. The van der Waals surface area contributed by atoms with Crippen molar-refractivity contribution in [1.82, 2.24) is 19.5 Å². The average Bonchev–Trinajstić information content (AvgIpc) is 3.29. The molecule has 0 saturated heterocycles. The fourth-order valence-corrected chi connectivity index (χ4v) is 5.63. The second-order valence-corrected chi connectivity index (χ2v) is 10.4. The van der Waals surface area contributed by atoms with Crippen LogP contribution in [0, 0.1) is 13.8 Å². The van der Waals surface area contributed by atoms with Crippen LogP contribution in [0.25, 0.3) is 21.3 Å². The number of hydrogen-bond donors (Lipinski definition) is 0. The Bertz CT molecular complexity index is 1770. The van der Waals surface area contributed by atoms with Gasteiger partial charge in [-0.3, -0.25) is 9.78 Å². The Morgan fingerprint density at radius 2 is 1.82 bits per heavy atom. The summed E-state index contributed by atoms with van der Waals surface area (Å²) >= 11 is 14.3. The van der Waals surface area contributed by atoms with E-state index in [1.54, 1.807) is 24.6 Å². The lowest BCUT2D eigenvalue weighted by molar-refractivity contribution is -0.138. The second-order valence-electron chi connectivity index (χ2n) is 8.75. The zero-order valence-electron chi connectivity index (χ0n) is 20.5. The lowest BCUT2D eigenvalue weighted by Crippen LogP contribution is -2.29. The highest BCUT2D eigenvalue weighted by molar-refractivity contribution is 7.14. The molecule has 1 aromatic carbocycles. The van der Waals surface area contributed by atoms with Gasteiger partial charge in [-0.15, -0.1) is 11.3 Å². The van der Waals surface area contributed by atoms with E-state index in [9.17, 15) is 18.0 Å². The molecule has 0 amide bonds. The molecule has 0 aliphatic carbocycles. The Labute approximate surface area is 234 Å². The fraction of sp³-hybridized carbons (Fsp3) is 0.185. The number of alkyl halides is 3. The van der Waals surface area contributed by atoms with Gasteiger partial charge in [0.1, 0.15) is 28.6 Å². The van der Waals surface area contributed by atoms with E-state index in [0.717, 1.165) is 32.2 Å². The van der Waals surface area contributed by atoms with E-state index < -0.39 is 17.3 Å². The van der Waals surface area contributed by atoms with E-state index in [4.69, 9.17) is 27.9 Å². The summed E-state index contributed by atoms with van der Waals surface area (Å²) in [6.07, 6.45) is -3.49. The number of fused-ring (bicyclic) bond motifs is 1. The molecule has 39 heavy (non-hydrogen) atoms. The van der Waals surface area contributed by atoms with Crippen LogP contribution in [0.4, 0.5) is 13.2 Å². The molecule has 0 N–H and O–H groups in total. The molecule has 0 saturated carbocycles. The van der Waals surface area contributed by atoms with E-state index >= 15 is 0 Å². The third kappa shape index (κ3) is 5.50. The molecule has 0 aliphatic rings. The van der Waals surface area contributed by atoms with Crippen LogP contribution in [0.1, 0.15) is 28.2 Å². The third-order valence-corrected chi connectivity index (χ3v) is 7.60. The zero-order valence-corrected chi connectivity index (χ0v) is 22.8. The van der Waals surface area contributed by atoms with Crippen LogP contribution in [-0.4, -0.2) is 19.5 Å². The molecule has 5 rings (SSSR count). The van der Waals surface area contributed by atoms with E-state index in [-0.39, 0.29) is 13.2 Å². The molecule has 6 nitrogen and oxygen atoms in total. The number of ether oxygens (including phenoxy) is 1. The van der Waals surface area contributed by atoms with Crippen molar-refractivity contribution in [2.24, 2.45) is 0 Å². The topological polar surface area (TPSA) is 69.9 Å². The molecule has 0 spiro atoms. The van der Waals surface area contributed by atoms with Crippen LogP contribution in [0.15, 0.2) is 59.0 Å². The van der Waals surface area contributed by atoms with Gasteiger partial charge < -0.3 is 9.30 Å². The first kappa shape index (κ1) is 27.1. The summed E-state index contributed by atoms with van der Waals surface area (Å²) in [5, 5.41) is 1.53. The first-order chi connectivity index (χ1) is 18.5. The number of aromatic nitrogens is 4. The maximum Gasteiger partial charge on any atom is 0.421 e. The summed E-state index contributed by atoms with van der Waals surface area (Å²) in [7, 11) is 0. The predicted molar refractivity (Wildman–Crippen MR) is 146 cm³/mol. The van der Waals surface area contributed by atoms with Crippen molar-refractivity contribution in [3.63, 3.8) is 0 Å². The van der Waals surface area contributed by atoms with Crippen LogP contribution in [0.2, 0.25) is 10.2 Å². The quantitative estimate of drug-likeness (QED) is 0.205. The van der Waals surface area contributed by atoms with Crippen molar-refractivity contribution in [2.45, 2.75) is 33.2 Å². The van der Waals surface area contributed by atoms with Gasteiger partial charge in [-0.05, 0) is 44.2 Å². The lowest BCUT2D eigenvalue weighted by atomic mass is 10.1. The number of benzene rings is 1. The second kappa shape index (κ2) is 10.6. The summed E-state index contributed by atoms with van der Waals surface area (Å²) in [6.45, 7) is 3.29. The Hall–Kier alpha value is -3.47.